The maximum Gasteiger partial charge on any atom is 0.125 e. The van der Waals surface area contributed by atoms with Crippen molar-refractivity contribution in [3.63, 3.8) is 0 Å². The number of hydrogen-bond donors (Lipinski definition) is 1. The third kappa shape index (κ3) is 3.88. The first kappa shape index (κ1) is 16.3. The summed E-state index contributed by atoms with van der Waals surface area (Å²) in [7, 11) is 1.70. The Kier molecular flexibility index (Phi) is 6.89. The van der Waals surface area contributed by atoms with Crippen LogP contribution in [-0.2, 0) is 0 Å². The summed E-state index contributed by atoms with van der Waals surface area (Å²) in [6.45, 7) is 8.87. The highest BCUT2D eigenvalue weighted by molar-refractivity contribution is 5.60. The van der Waals surface area contributed by atoms with E-state index in [0.29, 0.717) is 6.42 Å². The molecule has 1 rings (SSSR count). The van der Waals surface area contributed by atoms with Crippen LogP contribution < -0.4 is 15.0 Å². The normalized spacial score (nSPS) is 11.8. The van der Waals surface area contributed by atoms with Crippen LogP contribution in [0.2, 0.25) is 0 Å². The molecule has 1 aromatic rings. The quantitative estimate of drug-likeness (QED) is 0.792. The topological polar surface area (TPSA) is 48.3 Å². The van der Waals surface area contributed by atoms with E-state index in [2.05, 4.69) is 43.1 Å². The molecule has 0 aliphatic carbocycles. The molecule has 1 unspecified atom stereocenters. The van der Waals surface area contributed by atoms with Crippen LogP contribution in [0.4, 0.5) is 5.69 Å². The third-order valence-corrected chi connectivity index (χ3v) is 3.42. The molecule has 1 aromatic carbocycles. The van der Waals surface area contributed by atoms with Crippen LogP contribution in [0.5, 0.6) is 5.75 Å². The Hall–Kier alpha value is -1.73. The number of methoxy groups -OCH3 is 1. The van der Waals surface area contributed by atoms with Gasteiger partial charge in [-0.25, -0.2) is 0 Å². The van der Waals surface area contributed by atoms with E-state index in [9.17, 15) is 0 Å². The highest BCUT2D eigenvalue weighted by Crippen LogP contribution is 2.34. The molecule has 0 saturated carbocycles. The molecule has 0 aliphatic heterocycles. The lowest BCUT2D eigenvalue weighted by Crippen LogP contribution is -2.27. The minimum absolute atomic E-state index is 0.210. The van der Waals surface area contributed by atoms with E-state index in [1.165, 1.54) is 0 Å². The van der Waals surface area contributed by atoms with Gasteiger partial charge in [0, 0.05) is 30.4 Å². The van der Waals surface area contributed by atoms with Crippen LogP contribution in [-0.4, -0.2) is 26.7 Å². The first-order valence-electron chi connectivity index (χ1n) is 7.21. The average Bonchev–Trinajstić information content (AvgIpc) is 2.47. The zero-order chi connectivity index (χ0) is 15.0. The Morgan fingerprint density at radius 1 is 1.40 bits per heavy atom. The summed E-state index contributed by atoms with van der Waals surface area (Å²) in [6.07, 6.45) is 0.528. The Morgan fingerprint density at radius 3 is 2.70 bits per heavy atom. The van der Waals surface area contributed by atoms with Gasteiger partial charge in [0.1, 0.15) is 5.75 Å². The Morgan fingerprint density at radius 2 is 2.15 bits per heavy atom. The van der Waals surface area contributed by atoms with Crippen LogP contribution in [0.25, 0.3) is 0 Å². The summed E-state index contributed by atoms with van der Waals surface area (Å²) in [5.41, 5.74) is 2.31. The van der Waals surface area contributed by atoms with Gasteiger partial charge in [-0.1, -0.05) is 13.0 Å². The second kappa shape index (κ2) is 8.44. The number of nitrogens with one attached hydrogen (secondary N) is 1. The van der Waals surface area contributed by atoms with Gasteiger partial charge in [-0.05, 0) is 32.5 Å². The number of nitrogens with zero attached hydrogens (tertiary/aromatic N) is 2. The Bertz CT molecular complexity index is 454. The van der Waals surface area contributed by atoms with Crippen LogP contribution in [0.15, 0.2) is 18.2 Å². The van der Waals surface area contributed by atoms with Gasteiger partial charge >= 0.3 is 0 Å². The fourth-order valence-electron chi connectivity index (χ4n) is 2.46. The minimum Gasteiger partial charge on any atom is -0.496 e. The molecule has 0 amide bonds. The van der Waals surface area contributed by atoms with Gasteiger partial charge in [-0.15, -0.1) is 0 Å². The smallest absolute Gasteiger partial charge is 0.125 e. The van der Waals surface area contributed by atoms with Crippen molar-refractivity contribution in [2.75, 3.05) is 31.6 Å². The van der Waals surface area contributed by atoms with Gasteiger partial charge in [0.05, 0.1) is 19.6 Å². The molecule has 1 atom stereocenters. The number of hydrogen-bond acceptors (Lipinski definition) is 4. The lowest BCUT2D eigenvalue weighted by molar-refractivity contribution is 0.402. The van der Waals surface area contributed by atoms with Gasteiger partial charge in [0.25, 0.3) is 0 Å². The Balaban J connectivity index is 3.19. The van der Waals surface area contributed by atoms with E-state index in [4.69, 9.17) is 10.00 Å². The maximum absolute atomic E-state index is 8.81. The predicted octanol–water partition coefficient (Wildman–Crippen LogP) is 3.11. The zero-order valence-electron chi connectivity index (χ0n) is 12.9. The molecule has 110 valence electrons. The van der Waals surface area contributed by atoms with Crippen molar-refractivity contribution in [1.29, 1.82) is 5.26 Å². The maximum atomic E-state index is 8.81. The van der Waals surface area contributed by atoms with E-state index in [1.54, 1.807) is 7.11 Å². The van der Waals surface area contributed by atoms with E-state index in [-0.39, 0.29) is 6.04 Å². The molecule has 4 nitrogen and oxygen atoms in total. The molecule has 0 aromatic heterocycles. The van der Waals surface area contributed by atoms with Crippen molar-refractivity contribution in [2.45, 2.75) is 33.2 Å². The summed E-state index contributed by atoms with van der Waals surface area (Å²) >= 11 is 0. The molecule has 1 N–H and O–H groups in total. The highest BCUT2D eigenvalue weighted by atomic mass is 16.5. The van der Waals surface area contributed by atoms with Gasteiger partial charge in [0.15, 0.2) is 0 Å². The summed E-state index contributed by atoms with van der Waals surface area (Å²) < 4.78 is 5.52. The number of benzene rings is 1. The van der Waals surface area contributed by atoms with E-state index in [1.807, 2.05) is 12.1 Å². The number of anilines is 1. The molecular formula is C16H25N3O. The second-order valence-electron chi connectivity index (χ2n) is 4.66. The summed E-state index contributed by atoms with van der Waals surface area (Å²) in [6, 6.07) is 8.53. The van der Waals surface area contributed by atoms with Crippen LogP contribution in [0.1, 0.15) is 38.8 Å². The van der Waals surface area contributed by atoms with E-state index < -0.39 is 0 Å². The summed E-state index contributed by atoms with van der Waals surface area (Å²) in [5.74, 6) is 0.895. The zero-order valence-corrected chi connectivity index (χ0v) is 12.9. The SMILES string of the molecule is CCNC(C)c1c(OC)cccc1N(CC)CCC#N. The van der Waals surface area contributed by atoms with Gasteiger partial charge in [0.2, 0.25) is 0 Å². The molecule has 20 heavy (non-hydrogen) atoms. The second-order valence-corrected chi connectivity index (χ2v) is 4.66. The fourth-order valence-corrected chi connectivity index (χ4v) is 2.46. The van der Waals surface area contributed by atoms with E-state index in [0.717, 1.165) is 36.6 Å². The van der Waals surface area contributed by atoms with Crippen molar-refractivity contribution < 1.29 is 4.74 Å². The van der Waals surface area contributed by atoms with Crippen LogP contribution in [0.3, 0.4) is 0 Å². The Labute approximate surface area is 122 Å². The monoisotopic (exact) mass is 275 g/mol. The van der Waals surface area contributed by atoms with Crippen molar-refractivity contribution in [1.82, 2.24) is 5.32 Å². The summed E-state index contributed by atoms with van der Waals surface area (Å²) in [4.78, 5) is 2.23. The first-order valence-corrected chi connectivity index (χ1v) is 7.21. The molecule has 0 spiro atoms. The standard InChI is InChI=1S/C16H25N3O/c1-5-18-13(3)16-14(9-7-10-15(16)20-4)19(6-2)12-8-11-17/h7,9-10,13,18H,5-6,8,12H2,1-4H3. The van der Waals surface area contributed by atoms with Gasteiger partial charge in [-0.3, -0.25) is 0 Å². The van der Waals surface area contributed by atoms with E-state index >= 15 is 0 Å². The molecule has 0 heterocycles. The van der Waals surface area contributed by atoms with Crippen molar-refractivity contribution in [3.05, 3.63) is 23.8 Å². The first-order chi connectivity index (χ1) is 9.69. The van der Waals surface area contributed by atoms with Crippen molar-refractivity contribution in [2.24, 2.45) is 0 Å². The third-order valence-electron chi connectivity index (χ3n) is 3.42. The lowest BCUT2D eigenvalue weighted by atomic mass is 10.0. The molecule has 4 heteroatoms. The number of nitriles is 1. The highest BCUT2D eigenvalue weighted by Gasteiger charge is 2.18. The van der Waals surface area contributed by atoms with Crippen molar-refractivity contribution in [3.8, 4) is 11.8 Å². The van der Waals surface area contributed by atoms with Gasteiger partial charge in [-0.2, -0.15) is 5.26 Å². The summed E-state index contributed by atoms with van der Waals surface area (Å²) in [5, 5.41) is 12.2. The molecule has 0 fully saturated rings. The van der Waals surface area contributed by atoms with Gasteiger partial charge < -0.3 is 15.0 Å². The molecule has 0 bridgehead atoms. The molecule has 0 saturated heterocycles. The van der Waals surface area contributed by atoms with Crippen molar-refractivity contribution >= 4 is 5.69 Å². The average molecular weight is 275 g/mol. The molecule has 0 radical (unpaired) electrons. The fraction of sp³-hybridized carbons (Fsp3) is 0.562. The predicted molar refractivity (Wildman–Crippen MR) is 83.2 cm³/mol. The number of ether oxygens (including phenoxy) is 1. The lowest BCUT2D eigenvalue weighted by Gasteiger charge is -2.28. The molecular weight excluding hydrogens is 250 g/mol. The largest absolute Gasteiger partial charge is 0.496 e. The number of rotatable bonds is 8. The molecule has 0 aliphatic rings. The van der Waals surface area contributed by atoms with Crippen LogP contribution in [0, 0.1) is 11.3 Å². The van der Waals surface area contributed by atoms with Crippen LogP contribution >= 0.6 is 0 Å². The minimum atomic E-state index is 0.210.